The Kier molecular flexibility index (Phi) is 8.40. The van der Waals surface area contributed by atoms with Crippen LogP contribution in [0.1, 0.15) is 55.4 Å². The van der Waals surface area contributed by atoms with Crippen LogP contribution in [0.25, 0.3) is 0 Å². The summed E-state index contributed by atoms with van der Waals surface area (Å²) in [6.07, 6.45) is 13.6. The van der Waals surface area contributed by atoms with E-state index >= 15 is 0 Å². The van der Waals surface area contributed by atoms with Gasteiger partial charge in [0.2, 0.25) is 0 Å². The second kappa shape index (κ2) is 11.1. The average molecular weight is 332 g/mol. The molecule has 0 aromatic heterocycles. The minimum Gasteiger partial charge on any atom is -0.159 e. The Hall–Kier alpha value is -2.48. The van der Waals surface area contributed by atoms with Crippen LogP contribution in [-0.2, 0) is 12.8 Å². The van der Waals surface area contributed by atoms with E-state index in [4.69, 9.17) is 0 Å². The first-order valence-corrected chi connectivity index (χ1v) is 9.21. The molecule has 0 spiro atoms. The zero-order chi connectivity index (χ0) is 17.7. The van der Waals surface area contributed by atoms with E-state index in [-0.39, 0.29) is 0 Å². The molecule has 0 N–H and O–H groups in total. The molecule has 2 nitrogen and oxygen atoms in total. The van der Waals surface area contributed by atoms with Crippen LogP contribution in [0.3, 0.4) is 0 Å². The Morgan fingerprint density at radius 1 is 0.680 bits per heavy atom. The van der Waals surface area contributed by atoms with Gasteiger partial charge < -0.3 is 0 Å². The topological polar surface area (TPSA) is 24.7 Å². The van der Waals surface area contributed by atoms with Crippen LogP contribution < -0.4 is 0 Å². The Morgan fingerprint density at radius 2 is 1.20 bits per heavy atom. The molecule has 0 saturated carbocycles. The SMILES string of the molecule is CCC=CCCc1ccc(C=NN=Cc2ccc(CCC)cc2)cc1. The number of allylic oxidation sites excluding steroid dienone is 2. The van der Waals surface area contributed by atoms with Crippen molar-refractivity contribution >= 4 is 12.4 Å². The molecule has 2 aromatic carbocycles. The molecule has 0 fully saturated rings. The van der Waals surface area contributed by atoms with Crippen LogP contribution in [0.4, 0.5) is 0 Å². The highest BCUT2D eigenvalue weighted by atomic mass is 15.2. The Balaban J connectivity index is 1.83. The number of rotatable bonds is 9. The number of hydrogen-bond acceptors (Lipinski definition) is 2. The monoisotopic (exact) mass is 332 g/mol. The van der Waals surface area contributed by atoms with Crippen LogP contribution in [-0.4, -0.2) is 12.4 Å². The lowest BCUT2D eigenvalue weighted by atomic mass is 10.1. The molecule has 0 saturated heterocycles. The van der Waals surface area contributed by atoms with Gasteiger partial charge in [0.1, 0.15) is 0 Å². The van der Waals surface area contributed by atoms with E-state index in [0.29, 0.717) is 0 Å². The van der Waals surface area contributed by atoms with Gasteiger partial charge in [0.05, 0.1) is 12.4 Å². The molecular formula is C23H28N2. The molecule has 0 amide bonds. The third-order valence-corrected chi connectivity index (χ3v) is 3.98. The van der Waals surface area contributed by atoms with Crippen molar-refractivity contribution in [1.82, 2.24) is 0 Å². The lowest BCUT2D eigenvalue weighted by Crippen LogP contribution is -1.86. The lowest BCUT2D eigenvalue weighted by molar-refractivity contribution is 0.922. The molecule has 0 atom stereocenters. The van der Waals surface area contributed by atoms with Gasteiger partial charge in [-0.3, -0.25) is 0 Å². The highest BCUT2D eigenvalue weighted by Crippen LogP contribution is 2.07. The van der Waals surface area contributed by atoms with Crippen molar-refractivity contribution in [3.8, 4) is 0 Å². The molecule has 25 heavy (non-hydrogen) atoms. The van der Waals surface area contributed by atoms with Crippen molar-refractivity contribution in [3.63, 3.8) is 0 Å². The molecule has 2 rings (SSSR count). The molecule has 0 radical (unpaired) electrons. The van der Waals surface area contributed by atoms with Crippen LogP contribution in [0, 0.1) is 0 Å². The molecule has 2 heteroatoms. The van der Waals surface area contributed by atoms with E-state index in [1.165, 1.54) is 17.5 Å². The first-order valence-electron chi connectivity index (χ1n) is 9.21. The summed E-state index contributed by atoms with van der Waals surface area (Å²) in [5, 5.41) is 8.29. The Bertz CT molecular complexity index is 692. The molecule has 0 aliphatic rings. The minimum absolute atomic E-state index is 1.07. The van der Waals surface area contributed by atoms with Crippen molar-refractivity contribution < 1.29 is 0 Å². The lowest BCUT2D eigenvalue weighted by Gasteiger charge is -1.99. The maximum absolute atomic E-state index is 4.15. The first-order chi connectivity index (χ1) is 12.3. The average Bonchev–Trinajstić information content (AvgIpc) is 2.65. The summed E-state index contributed by atoms with van der Waals surface area (Å²) in [6, 6.07) is 17.0. The standard InChI is InChI=1S/C23H28N2/c1-3-5-6-7-9-21-12-16-23(17-13-21)19-25-24-18-22-14-10-20(8-4-2)11-15-22/h5-6,10-19H,3-4,7-9H2,1-2H3. The van der Waals surface area contributed by atoms with Crippen molar-refractivity contribution in [2.24, 2.45) is 10.2 Å². The highest BCUT2D eigenvalue weighted by Gasteiger charge is 1.93. The third-order valence-electron chi connectivity index (χ3n) is 3.98. The molecule has 2 aromatic rings. The van der Waals surface area contributed by atoms with Gasteiger partial charge in [0.25, 0.3) is 0 Å². The van der Waals surface area contributed by atoms with Crippen LogP contribution >= 0.6 is 0 Å². The van der Waals surface area contributed by atoms with Gasteiger partial charge in [-0.25, -0.2) is 0 Å². The molecule has 0 aliphatic carbocycles. The summed E-state index contributed by atoms with van der Waals surface area (Å²) in [6.45, 7) is 4.36. The van der Waals surface area contributed by atoms with Gasteiger partial charge in [-0.2, -0.15) is 10.2 Å². The molecule has 0 unspecified atom stereocenters. The fraction of sp³-hybridized carbons (Fsp3) is 0.304. The van der Waals surface area contributed by atoms with Crippen molar-refractivity contribution in [2.75, 3.05) is 0 Å². The summed E-state index contributed by atoms with van der Waals surface area (Å²) < 4.78 is 0. The van der Waals surface area contributed by atoms with Crippen LogP contribution in [0.5, 0.6) is 0 Å². The van der Waals surface area contributed by atoms with Gasteiger partial charge in [0, 0.05) is 0 Å². The zero-order valence-electron chi connectivity index (χ0n) is 15.4. The van der Waals surface area contributed by atoms with E-state index in [1.54, 1.807) is 12.4 Å². The minimum atomic E-state index is 1.07. The largest absolute Gasteiger partial charge is 0.159 e. The van der Waals surface area contributed by atoms with Gasteiger partial charge in [0.15, 0.2) is 0 Å². The summed E-state index contributed by atoms with van der Waals surface area (Å²) in [4.78, 5) is 0. The van der Waals surface area contributed by atoms with E-state index in [0.717, 1.165) is 36.8 Å². The van der Waals surface area contributed by atoms with E-state index in [9.17, 15) is 0 Å². The van der Waals surface area contributed by atoms with Gasteiger partial charge in [-0.15, -0.1) is 0 Å². The van der Waals surface area contributed by atoms with Crippen LogP contribution in [0.15, 0.2) is 70.9 Å². The predicted molar refractivity (Wildman–Crippen MR) is 110 cm³/mol. The maximum atomic E-state index is 4.15. The molecule has 130 valence electrons. The fourth-order valence-electron chi connectivity index (χ4n) is 2.56. The predicted octanol–water partition coefficient (Wildman–Crippen LogP) is 5.99. The number of aryl methyl sites for hydroxylation is 2. The van der Waals surface area contributed by atoms with Gasteiger partial charge in [-0.1, -0.05) is 81.0 Å². The number of benzene rings is 2. The van der Waals surface area contributed by atoms with E-state index in [2.05, 4.69) is 84.7 Å². The zero-order valence-corrected chi connectivity index (χ0v) is 15.4. The van der Waals surface area contributed by atoms with E-state index < -0.39 is 0 Å². The summed E-state index contributed by atoms with van der Waals surface area (Å²) in [5.74, 6) is 0. The van der Waals surface area contributed by atoms with E-state index in [1.807, 2.05) is 0 Å². The van der Waals surface area contributed by atoms with Gasteiger partial charge in [-0.05, 0) is 47.9 Å². The van der Waals surface area contributed by atoms with Crippen molar-refractivity contribution in [1.29, 1.82) is 0 Å². The van der Waals surface area contributed by atoms with Crippen molar-refractivity contribution in [3.05, 3.63) is 82.9 Å². The summed E-state index contributed by atoms with van der Waals surface area (Å²) >= 11 is 0. The van der Waals surface area contributed by atoms with Crippen LogP contribution in [0.2, 0.25) is 0 Å². The first kappa shape index (κ1) is 18.9. The summed E-state index contributed by atoms with van der Waals surface area (Å²) in [5.41, 5.74) is 4.87. The Labute approximate surface area is 152 Å². The maximum Gasteiger partial charge on any atom is 0.0568 e. The second-order valence-corrected chi connectivity index (χ2v) is 6.14. The van der Waals surface area contributed by atoms with Crippen molar-refractivity contribution in [2.45, 2.75) is 46.0 Å². The fourth-order valence-corrected chi connectivity index (χ4v) is 2.56. The molecule has 0 aliphatic heterocycles. The number of nitrogens with zero attached hydrogens (tertiary/aromatic N) is 2. The second-order valence-electron chi connectivity index (χ2n) is 6.14. The highest BCUT2D eigenvalue weighted by molar-refractivity contribution is 5.82. The number of hydrogen-bond donors (Lipinski definition) is 0. The van der Waals surface area contributed by atoms with Gasteiger partial charge >= 0.3 is 0 Å². The normalized spacial score (nSPS) is 11.9. The Morgan fingerprint density at radius 3 is 1.68 bits per heavy atom. The summed E-state index contributed by atoms with van der Waals surface area (Å²) in [7, 11) is 0. The third kappa shape index (κ3) is 7.30. The smallest absolute Gasteiger partial charge is 0.0568 e. The molecular weight excluding hydrogens is 304 g/mol. The molecule has 0 heterocycles. The molecule has 0 bridgehead atoms. The quantitative estimate of drug-likeness (QED) is 0.306.